The lowest BCUT2D eigenvalue weighted by atomic mass is 10.1. The molecule has 0 aliphatic heterocycles. The van der Waals surface area contributed by atoms with E-state index in [1.54, 1.807) is 12.1 Å². The standard InChI is InChI=1S/C13H18ClN3O2/c1-3-4-10(15)13(19)17-11-7-8(12(18)16-2)5-6-9(11)14/h5-7,10H,3-4,15H2,1-2H3,(H,16,18)(H,17,19)/t10-/m0/s1. The molecule has 0 saturated heterocycles. The van der Waals surface area contributed by atoms with E-state index in [2.05, 4.69) is 10.6 Å². The largest absolute Gasteiger partial charge is 0.355 e. The third-order valence-corrected chi connectivity index (χ3v) is 2.98. The van der Waals surface area contributed by atoms with Crippen LogP contribution in [0.2, 0.25) is 5.02 Å². The third kappa shape index (κ3) is 4.22. The van der Waals surface area contributed by atoms with Crippen molar-refractivity contribution in [2.45, 2.75) is 25.8 Å². The van der Waals surface area contributed by atoms with Crippen LogP contribution < -0.4 is 16.4 Å². The first-order chi connectivity index (χ1) is 8.99. The van der Waals surface area contributed by atoms with E-state index in [0.717, 1.165) is 6.42 Å². The number of nitrogens with one attached hydrogen (secondary N) is 2. The van der Waals surface area contributed by atoms with Gasteiger partial charge in [-0.1, -0.05) is 24.9 Å². The lowest BCUT2D eigenvalue weighted by molar-refractivity contribution is -0.117. The highest BCUT2D eigenvalue weighted by Crippen LogP contribution is 2.23. The van der Waals surface area contributed by atoms with Crippen molar-refractivity contribution in [1.82, 2.24) is 5.32 Å². The zero-order valence-corrected chi connectivity index (χ0v) is 11.8. The maximum Gasteiger partial charge on any atom is 0.251 e. The van der Waals surface area contributed by atoms with Crippen LogP contribution in [-0.4, -0.2) is 24.9 Å². The van der Waals surface area contributed by atoms with Crippen LogP contribution >= 0.6 is 11.6 Å². The molecule has 0 bridgehead atoms. The fourth-order valence-corrected chi connectivity index (χ4v) is 1.74. The number of carbonyl (C=O) groups is 2. The summed E-state index contributed by atoms with van der Waals surface area (Å²) >= 11 is 5.98. The Bertz CT molecular complexity index is 477. The minimum Gasteiger partial charge on any atom is -0.355 e. The van der Waals surface area contributed by atoms with Gasteiger partial charge in [0.15, 0.2) is 0 Å². The Morgan fingerprint density at radius 1 is 1.42 bits per heavy atom. The first-order valence-electron chi connectivity index (χ1n) is 6.07. The Labute approximate surface area is 117 Å². The monoisotopic (exact) mass is 283 g/mol. The van der Waals surface area contributed by atoms with Crippen LogP contribution in [-0.2, 0) is 4.79 Å². The van der Waals surface area contributed by atoms with Crippen LogP contribution in [0.1, 0.15) is 30.1 Å². The van der Waals surface area contributed by atoms with Crippen LogP contribution in [0.25, 0.3) is 0 Å². The molecule has 5 nitrogen and oxygen atoms in total. The summed E-state index contributed by atoms with van der Waals surface area (Å²) in [5.41, 5.74) is 6.53. The molecule has 0 fully saturated rings. The van der Waals surface area contributed by atoms with E-state index in [4.69, 9.17) is 17.3 Å². The molecular weight excluding hydrogens is 266 g/mol. The van der Waals surface area contributed by atoms with E-state index in [1.165, 1.54) is 13.1 Å². The van der Waals surface area contributed by atoms with E-state index < -0.39 is 6.04 Å². The van der Waals surface area contributed by atoms with Gasteiger partial charge in [0.25, 0.3) is 5.91 Å². The molecule has 0 saturated carbocycles. The lowest BCUT2D eigenvalue weighted by Crippen LogP contribution is -2.35. The van der Waals surface area contributed by atoms with E-state index in [0.29, 0.717) is 22.7 Å². The fourth-order valence-electron chi connectivity index (χ4n) is 1.57. The molecule has 2 amide bonds. The molecule has 0 aliphatic carbocycles. The topological polar surface area (TPSA) is 84.2 Å². The highest BCUT2D eigenvalue weighted by Gasteiger charge is 2.15. The predicted molar refractivity (Wildman–Crippen MR) is 76.4 cm³/mol. The smallest absolute Gasteiger partial charge is 0.251 e. The van der Waals surface area contributed by atoms with Crippen molar-refractivity contribution in [3.05, 3.63) is 28.8 Å². The van der Waals surface area contributed by atoms with Crippen molar-refractivity contribution < 1.29 is 9.59 Å². The Balaban J connectivity index is 2.88. The van der Waals surface area contributed by atoms with Crippen LogP contribution in [0.3, 0.4) is 0 Å². The van der Waals surface area contributed by atoms with E-state index in [9.17, 15) is 9.59 Å². The van der Waals surface area contributed by atoms with Crippen LogP contribution in [0.4, 0.5) is 5.69 Å². The highest BCUT2D eigenvalue weighted by molar-refractivity contribution is 6.34. The molecule has 0 radical (unpaired) electrons. The average molecular weight is 284 g/mol. The molecule has 0 unspecified atom stereocenters. The summed E-state index contributed by atoms with van der Waals surface area (Å²) in [6, 6.07) is 4.10. The second-order valence-corrected chi connectivity index (χ2v) is 4.57. The highest BCUT2D eigenvalue weighted by atomic mass is 35.5. The van der Waals surface area contributed by atoms with Crippen molar-refractivity contribution in [3.8, 4) is 0 Å². The van der Waals surface area contributed by atoms with Crippen LogP contribution in [0, 0.1) is 0 Å². The van der Waals surface area contributed by atoms with Gasteiger partial charge in [-0.3, -0.25) is 9.59 Å². The Morgan fingerprint density at radius 2 is 2.11 bits per heavy atom. The lowest BCUT2D eigenvalue weighted by Gasteiger charge is -2.13. The predicted octanol–water partition coefficient (Wildman–Crippen LogP) is 1.77. The summed E-state index contributed by atoms with van der Waals surface area (Å²) in [5, 5.41) is 5.51. The number of nitrogens with two attached hydrogens (primary N) is 1. The van der Waals surface area contributed by atoms with Crippen LogP contribution in [0.15, 0.2) is 18.2 Å². The first kappa shape index (κ1) is 15.5. The molecule has 1 atom stereocenters. The summed E-state index contributed by atoms with van der Waals surface area (Å²) in [4.78, 5) is 23.3. The summed E-state index contributed by atoms with van der Waals surface area (Å²) in [6.07, 6.45) is 1.42. The quantitative estimate of drug-likeness (QED) is 0.770. The van der Waals surface area contributed by atoms with Gasteiger partial charge in [-0.2, -0.15) is 0 Å². The van der Waals surface area contributed by atoms with Gasteiger partial charge in [-0.25, -0.2) is 0 Å². The normalized spacial score (nSPS) is 11.8. The molecular formula is C13H18ClN3O2. The molecule has 6 heteroatoms. The van der Waals surface area contributed by atoms with Crippen LogP contribution in [0.5, 0.6) is 0 Å². The minimum atomic E-state index is -0.579. The number of benzene rings is 1. The third-order valence-electron chi connectivity index (χ3n) is 2.65. The number of carbonyl (C=O) groups excluding carboxylic acids is 2. The molecule has 1 aromatic carbocycles. The zero-order chi connectivity index (χ0) is 14.4. The molecule has 0 spiro atoms. The maximum atomic E-state index is 11.8. The summed E-state index contributed by atoms with van der Waals surface area (Å²) in [7, 11) is 1.53. The van der Waals surface area contributed by atoms with Gasteiger partial charge in [0, 0.05) is 12.6 Å². The van der Waals surface area contributed by atoms with Crippen molar-refractivity contribution in [2.75, 3.05) is 12.4 Å². The molecule has 104 valence electrons. The molecule has 4 N–H and O–H groups in total. The van der Waals surface area contributed by atoms with Gasteiger partial charge in [-0.15, -0.1) is 0 Å². The van der Waals surface area contributed by atoms with Gasteiger partial charge in [0.1, 0.15) is 0 Å². The van der Waals surface area contributed by atoms with Gasteiger partial charge < -0.3 is 16.4 Å². The number of hydrogen-bond acceptors (Lipinski definition) is 3. The van der Waals surface area contributed by atoms with Gasteiger partial charge in [0.2, 0.25) is 5.91 Å². The number of amides is 2. The zero-order valence-electron chi connectivity index (χ0n) is 11.0. The second-order valence-electron chi connectivity index (χ2n) is 4.16. The van der Waals surface area contributed by atoms with E-state index in [-0.39, 0.29) is 11.8 Å². The minimum absolute atomic E-state index is 0.245. The molecule has 0 aliphatic rings. The van der Waals surface area contributed by atoms with Crippen molar-refractivity contribution in [1.29, 1.82) is 0 Å². The number of halogens is 1. The molecule has 19 heavy (non-hydrogen) atoms. The SMILES string of the molecule is CCC[C@H](N)C(=O)Nc1cc(C(=O)NC)ccc1Cl. The number of anilines is 1. The van der Waals surface area contributed by atoms with E-state index in [1.807, 2.05) is 6.92 Å². The molecule has 1 aromatic rings. The van der Waals surface area contributed by atoms with Gasteiger partial charge in [-0.05, 0) is 24.6 Å². The second kappa shape index (κ2) is 7.11. The Morgan fingerprint density at radius 3 is 2.68 bits per heavy atom. The van der Waals surface area contributed by atoms with Gasteiger partial charge >= 0.3 is 0 Å². The molecule has 1 rings (SSSR count). The van der Waals surface area contributed by atoms with Crippen molar-refractivity contribution in [3.63, 3.8) is 0 Å². The van der Waals surface area contributed by atoms with Gasteiger partial charge in [0.05, 0.1) is 16.8 Å². The average Bonchev–Trinajstić information content (AvgIpc) is 2.40. The van der Waals surface area contributed by atoms with E-state index >= 15 is 0 Å². The summed E-state index contributed by atoms with van der Waals surface area (Å²) < 4.78 is 0. The fraction of sp³-hybridized carbons (Fsp3) is 0.385. The molecule has 0 aromatic heterocycles. The van der Waals surface area contributed by atoms with Crippen molar-refractivity contribution in [2.24, 2.45) is 5.73 Å². The Kier molecular flexibility index (Phi) is 5.79. The maximum absolute atomic E-state index is 11.8. The number of rotatable bonds is 5. The summed E-state index contributed by atoms with van der Waals surface area (Å²) in [6.45, 7) is 1.95. The number of hydrogen-bond donors (Lipinski definition) is 3. The molecule has 0 heterocycles. The Hall–Kier alpha value is -1.59. The first-order valence-corrected chi connectivity index (χ1v) is 6.45. The van der Waals surface area contributed by atoms with Crippen molar-refractivity contribution >= 4 is 29.1 Å². The summed E-state index contributed by atoms with van der Waals surface area (Å²) in [5.74, 6) is -0.553.